The Labute approximate surface area is 140 Å². The quantitative estimate of drug-likeness (QED) is 0.739. The second kappa shape index (κ2) is 7.44. The summed E-state index contributed by atoms with van der Waals surface area (Å²) in [6.45, 7) is 6.40. The molecule has 0 saturated heterocycles. The van der Waals surface area contributed by atoms with E-state index < -0.39 is 5.60 Å². The van der Waals surface area contributed by atoms with Crippen molar-refractivity contribution in [3.8, 4) is 5.88 Å². The van der Waals surface area contributed by atoms with Crippen LogP contribution in [-0.2, 0) is 9.53 Å². The lowest BCUT2D eigenvalue weighted by atomic mass is 9.82. The van der Waals surface area contributed by atoms with Crippen molar-refractivity contribution in [2.45, 2.75) is 52.1 Å². The lowest BCUT2D eigenvalue weighted by Gasteiger charge is -2.29. The summed E-state index contributed by atoms with van der Waals surface area (Å²) in [6.07, 6.45) is 5.50. The molecule has 0 radical (unpaired) electrons. The molecule has 0 N–H and O–H groups in total. The van der Waals surface area contributed by atoms with Crippen LogP contribution in [0, 0.1) is 11.8 Å². The number of nitrogens with zero attached hydrogens (tertiary/aromatic N) is 1. The van der Waals surface area contributed by atoms with Gasteiger partial charge in [0.25, 0.3) is 0 Å². The summed E-state index contributed by atoms with van der Waals surface area (Å²) in [7, 11) is 0. The van der Waals surface area contributed by atoms with Crippen LogP contribution in [0.1, 0.15) is 46.5 Å². The topological polar surface area (TPSA) is 48.4 Å². The van der Waals surface area contributed by atoms with E-state index in [4.69, 9.17) is 9.47 Å². The summed E-state index contributed by atoms with van der Waals surface area (Å²) < 4.78 is 12.1. The SMILES string of the molecule is CC(C)(C)OC(=O)C1CCC(COc2ccc(Br)cn2)CC1. The number of rotatable bonds is 4. The fourth-order valence-electron chi connectivity index (χ4n) is 2.60. The van der Waals surface area contributed by atoms with Crippen LogP contribution in [0.3, 0.4) is 0 Å². The van der Waals surface area contributed by atoms with E-state index in [9.17, 15) is 4.79 Å². The van der Waals surface area contributed by atoms with E-state index in [1.807, 2.05) is 32.9 Å². The van der Waals surface area contributed by atoms with Gasteiger partial charge in [-0.25, -0.2) is 4.98 Å². The molecule has 0 aliphatic heterocycles. The zero-order valence-corrected chi connectivity index (χ0v) is 15.1. The first kappa shape index (κ1) is 17.3. The minimum atomic E-state index is -0.399. The van der Waals surface area contributed by atoms with E-state index in [2.05, 4.69) is 20.9 Å². The van der Waals surface area contributed by atoms with Gasteiger partial charge in [0.1, 0.15) is 5.60 Å². The molecule has 1 aromatic rings. The summed E-state index contributed by atoms with van der Waals surface area (Å²) in [4.78, 5) is 16.3. The van der Waals surface area contributed by atoms with Crippen LogP contribution in [0.25, 0.3) is 0 Å². The molecule has 1 fully saturated rings. The van der Waals surface area contributed by atoms with Gasteiger partial charge in [-0.3, -0.25) is 4.79 Å². The van der Waals surface area contributed by atoms with Crippen molar-refractivity contribution in [2.24, 2.45) is 11.8 Å². The van der Waals surface area contributed by atoms with Gasteiger partial charge in [-0.2, -0.15) is 0 Å². The third-order valence-electron chi connectivity index (χ3n) is 3.75. The number of aromatic nitrogens is 1. The van der Waals surface area contributed by atoms with E-state index >= 15 is 0 Å². The van der Waals surface area contributed by atoms with E-state index in [0.717, 1.165) is 30.2 Å². The smallest absolute Gasteiger partial charge is 0.309 e. The van der Waals surface area contributed by atoms with Crippen molar-refractivity contribution in [3.63, 3.8) is 0 Å². The maximum absolute atomic E-state index is 12.1. The van der Waals surface area contributed by atoms with E-state index in [0.29, 0.717) is 18.4 Å². The number of carbonyl (C=O) groups excluding carboxylic acids is 1. The molecule has 1 heterocycles. The average Bonchev–Trinajstić information content (AvgIpc) is 2.45. The lowest BCUT2D eigenvalue weighted by molar-refractivity contribution is -0.161. The van der Waals surface area contributed by atoms with Gasteiger partial charge in [0.2, 0.25) is 5.88 Å². The number of pyridine rings is 1. The Morgan fingerprint density at radius 1 is 1.27 bits per heavy atom. The van der Waals surface area contributed by atoms with Gasteiger partial charge >= 0.3 is 5.97 Å². The van der Waals surface area contributed by atoms with Crippen molar-refractivity contribution >= 4 is 21.9 Å². The van der Waals surface area contributed by atoms with Gasteiger partial charge in [-0.1, -0.05) is 0 Å². The second-order valence-electron chi connectivity index (χ2n) is 6.88. The van der Waals surface area contributed by atoms with Gasteiger partial charge < -0.3 is 9.47 Å². The highest BCUT2D eigenvalue weighted by Gasteiger charge is 2.30. The highest BCUT2D eigenvalue weighted by atomic mass is 79.9. The average molecular weight is 370 g/mol. The fourth-order valence-corrected chi connectivity index (χ4v) is 2.84. The molecule has 5 heteroatoms. The second-order valence-corrected chi connectivity index (χ2v) is 7.79. The van der Waals surface area contributed by atoms with Crippen LogP contribution in [0.5, 0.6) is 5.88 Å². The molecule has 122 valence electrons. The molecule has 2 rings (SSSR count). The molecule has 0 bridgehead atoms. The summed E-state index contributed by atoms with van der Waals surface area (Å²) in [5, 5.41) is 0. The normalized spacial score (nSPS) is 22.2. The molecule has 0 amide bonds. The number of carbonyl (C=O) groups is 1. The molecule has 0 spiro atoms. The first-order chi connectivity index (χ1) is 10.3. The summed E-state index contributed by atoms with van der Waals surface area (Å²) in [6, 6.07) is 3.78. The Balaban J connectivity index is 1.73. The monoisotopic (exact) mass is 369 g/mol. The third-order valence-corrected chi connectivity index (χ3v) is 4.22. The first-order valence-electron chi connectivity index (χ1n) is 7.81. The largest absolute Gasteiger partial charge is 0.477 e. The lowest BCUT2D eigenvalue weighted by Crippen LogP contribution is -2.31. The minimum Gasteiger partial charge on any atom is -0.477 e. The number of esters is 1. The van der Waals surface area contributed by atoms with Gasteiger partial charge in [0, 0.05) is 16.7 Å². The first-order valence-corrected chi connectivity index (χ1v) is 8.60. The Kier molecular flexibility index (Phi) is 5.84. The predicted molar refractivity (Wildman–Crippen MR) is 88.7 cm³/mol. The molecule has 4 nitrogen and oxygen atoms in total. The molecule has 22 heavy (non-hydrogen) atoms. The van der Waals surface area contributed by atoms with Gasteiger partial charge in [-0.05, 0) is 74.4 Å². The van der Waals surface area contributed by atoms with Crippen LogP contribution in [0.2, 0.25) is 0 Å². The number of ether oxygens (including phenoxy) is 2. The highest BCUT2D eigenvalue weighted by Crippen LogP contribution is 2.31. The van der Waals surface area contributed by atoms with Crippen LogP contribution in [0.4, 0.5) is 0 Å². The number of hydrogen-bond acceptors (Lipinski definition) is 4. The van der Waals surface area contributed by atoms with Crippen LogP contribution >= 0.6 is 15.9 Å². The molecule has 1 aliphatic carbocycles. The predicted octanol–water partition coefficient (Wildman–Crippen LogP) is 4.37. The minimum absolute atomic E-state index is 0.0429. The molecular formula is C17H24BrNO3. The van der Waals surface area contributed by atoms with Crippen molar-refractivity contribution in [2.75, 3.05) is 6.61 Å². The van der Waals surface area contributed by atoms with Crippen LogP contribution < -0.4 is 4.74 Å². The highest BCUT2D eigenvalue weighted by molar-refractivity contribution is 9.10. The Hall–Kier alpha value is -1.10. The van der Waals surface area contributed by atoms with E-state index in [1.165, 1.54) is 0 Å². The molecule has 0 aromatic carbocycles. The molecular weight excluding hydrogens is 346 g/mol. The fraction of sp³-hybridized carbons (Fsp3) is 0.647. The maximum Gasteiger partial charge on any atom is 0.309 e. The van der Waals surface area contributed by atoms with E-state index in [-0.39, 0.29) is 11.9 Å². The molecule has 1 aliphatic rings. The zero-order valence-electron chi connectivity index (χ0n) is 13.5. The van der Waals surface area contributed by atoms with Crippen molar-refractivity contribution in [1.82, 2.24) is 4.98 Å². The van der Waals surface area contributed by atoms with Gasteiger partial charge in [-0.15, -0.1) is 0 Å². The maximum atomic E-state index is 12.1. The van der Waals surface area contributed by atoms with Crippen LogP contribution in [-0.4, -0.2) is 23.2 Å². The molecule has 1 saturated carbocycles. The summed E-state index contributed by atoms with van der Waals surface area (Å²) >= 11 is 3.35. The summed E-state index contributed by atoms with van der Waals surface area (Å²) in [5.74, 6) is 1.13. The molecule has 1 aromatic heterocycles. The van der Waals surface area contributed by atoms with E-state index in [1.54, 1.807) is 6.20 Å². The zero-order chi connectivity index (χ0) is 16.2. The van der Waals surface area contributed by atoms with Crippen LogP contribution in [0.15, 0.2) is 22.8 Å². The Bertz CT molecular complexity index is 488. The van der Waals surface area contributed by atoms with Crippen molar-refractivity contribution in [1.29, 1.82) is 0 Å². The summed E-state index contributed by atoms with van der Waals surface area (Å²) in [5.41, 5.74) is -0.399. The standard InChI is InChI=1S/C17H24BrNO3/c1-17(2,3)22-16(20)13-6-4-12(5-7-13)11-21-15-9-8-14(18)10-19-15/h8-10,12-13H,4-7,11H2,1-3H3. The number of halogens is 1. The molecule has 0 unspecified atom stereocenters. The Morgan fingerprint density at radius 2 is 1.95 bits per heavy atom. The Morgan fingerprint density at radius 3 is 2.50 bits per heavy atom. The van der Waals surface area contributed by atoms with Crippen molar-refractivity contribution < 1.29 is 14.3 Å². The number of hydrogen-bond donors (Lipinski definition) is 0. The third kappa shape index (κ3) is 5.59. The molecule has 0 atom stereocenters. The van der Waals surface area contributed by atoms with Crippen molar-refractivity contribution in [3.05, 3.63) is 22.8 Å². The van der Waals surface area contributed by atoms with Gasteiger partial charge in [0.15, 0.2) is 0 Å². The van der Waals surface area contributed by atoms with Gasteiger partial charge in [0.05, 0.1) is 12.5 Å².